The van der Waals surface area contributed by atoms with Crippen molar-refractivity contribution in [2.45, 2.75) is 19.8 Å². The van der Waals surface area contributed by atoms with E-state index in [-0.39, 0.29) is 23.9 Å². The molecule has 0 atom stereocenters. The predicted molar refractivity (Wildman–Crippen MR) is 26.7 cm³/mol. The van der Waals surface area contributed by atoms with Gasteiger partial charge in [0, 0.05) is 0 Å². The average molecular weight is 131 g/mol. The van der Waals surface area contributed by atoms with Gasteiger partial charge in [-0.2, -0.15) is 6.42 Å². The van der Waals surface area contributed by atoms with Crippen LogP contribution in [0.1, 0.15) is 19.8 Å². The van der Waals surface area contributed by atoms with E-state index >= 15 is 0 Å². The van der Waals surface area contributed by atoms with Crippen molar-refractivity contribution >= 4 is 0 Å². The Bertz CT molecular complexity index is 5.90. The van der Waals surface area contributed by atoms with Crippen LogP contribution in [0.4, 0.5) is 0 Å². The number of hydrogen-bond donors (Lipinski definition) is 0. The third-order valence-corrected chi connectivity index (χ3v) is 0.354. The summed E-state index contributed by atoms with van der Waals surface area (Å²) < 4.78 is 0. The summed E-state index contributed by atoms with van der Waals surface area (Å²) in [6.45, 7) is 5.72. The van der Waals surface area contributed by atoms with Gasteiger partial charge in [0.05, 0.1) is 0 Å². The minimum absolute atomic E-state index is 0. The Balaban J connectivity index is -0.0000000450. The Labute approximate surface area is 51.3 Å². The van der Waals surface area contributed by atoms with Gasteiger partial charge in [-0.15, -0.1) is 0 Å². The van der Waals surface area contributed by atoms with Gasteiger partial charge in [0.15, 0.2) is 0 Å². The molecule has 6 heavy (non-hydrogen) atoms. The van der Waals surface area contributed by atoms with Crippen molar-refractivity contribution in [3.05, 3.63) is 14.4 Å². The van der Waals surface area contributed by atoms with Crippen LogP contribution in [0, 0.1) is 14.4 Å². The summed E-state index contributed by atoms with van der Waals surface area (Å²) in [7, 11) is 0. The Kier molecular flexibility index (Phi) is 47.7. The summed E-state index contributed by atoms with van der Waals surface area (Å²) in [4.78, 5) is 0. The maximum Gasteiger partial charge on any atom is 2.00 e. The fraction of sp³-hybridized carbons (Fsp3) is 0.600. The molecule has 0 N–H and O–H groups in total. The zero-order valence-corrected chi connectivity index (χ0v) is 5.43. The van der Waals surface area contributed by atoms with E-state index in [1.807, 2.05) is 0 Å². The first kappa shape index (κ1) is 16.1. The third kappa shape index (κ3) is 24.6. The molecule has 0 heterocycles. The molecule has 0 fully saturated rings. The van der Waals surface area contributed by atoms with Gasteiger partial charge in [-0.1, -0.05) is 13.3 Å². The molecule has 0 unspecified atom stereocenters. The van der Waals surface area contributed by atoms with E-state index < -0.39 is 0 Å². The van der Waals surface area contributed by atoms with Crippen molar-refractivity contribution in [3.63, 3.8) is 0 Å². The smallest absolute Gasteiger partial charge is 0.358 e. The van der Waals surface area contributed by atoms with Gasteiger partial charge in [0.2, 0.25) is 0 Å². The van der Waals surface area contributed by atoms with Crippen LogP contribution in [-0.2, 0) is 16.5 Å². The molecule has 0 spiro atoms. The van der Waals surface area contributed by atoms with Crippen molar-refractivity contribution in [2.75, 3.05) is 0 Å². The Hall–Kier alpha value is 0.494. The van der Waals surface area contributed by atoms with E-state index in [2.05, 4.69) is 13.8 Å². The largest absolute Gasteiger partial charge is 2.00 e. The SMILES string of the molecule is [CH2-]CCC.[CH3-].[Ni+2]. The molecule has 0 saturated heterocycles. The standard InChI is InChI=1S/C4H9.CH3.Ni/c1-3-4-2;;/h1,3-4H2,2H3;1H3;/q2*-1;+2. The van der Waals surface area contributed by atoms with Crippen LogP contribution in [0.3, 0.4) is 0 Å². The minimum atomic E-state index is 0. The average Bonchev–Trinajstić information content (AvgIpc) is 1.37. The van der Waals surface area contributed by atoms with Crippen molar-refractivity contribution in [1.82, 2.24) is 0 Å². The molecule has 0 aromatic carbocycles. The van der Waals surface area contributed by atoms with E-state index in [0.29, 0.717) is 0 Å². The van der Waals surface area contributed by atoms with Crippen molar-refractivity contribution in [1.29, 1.82) is 0 Å². The first-order chi connectivity index (χ1) is 1.91. The molecule has 0 nitrogen and oxygen atoms in total. The second kappa shape index (κ2) is 17.8. The van der Waals surface area contributed by atoms with E-state index in [0.717, 1.165) is 6.42 Å². The van der Waals surface area contributed by atoms with Gasteiger partial charge in [-0.3, -0.25) is 0 Å². The van der Waals surface area contributed by atoms with Crippen LogP contribution in [0.2, 0.25) is 0 Å². The Morgan fingerprint density at radius 3 is 1.67 bits per heavy atom. The van der Waals surface area contributed by atoms with Gasteiger partial charge in [-0.05, 0) is 0 Å². The summed E-state index contributed by atoms with van der Waals surface area (Å²) in [5, 5.41) is 0. The summed E-state index contributed by atoms with van der Waals surface area (Å²) in [6, 6.07) is 0. The number of rotatable bonds is 1. The molecule has 0 amide bonds. The quantitative estimate of drug-likeness (QED) is 0.377. The fourth-order valence-corrected chi connectivity index (χ4v) is 0. The zero-order valence-electron chi connectivity index (χ0n) is 4.44. The summed E-state index contributed by atoms with van der Waals surface area (Å²) in [5.74, 6) is 0. The molecule has 42 valence electrons. The molecule has 0 aromatic heterocycles. The Morgan fingerprint density at radius 2 is 1.67 bits per heavy atom. The Morgan fingerprint density at radius 1 is 1.50 bits per heavy atom. The summed E-state index contributed by atoms with van der Waals surface area (Å²) in [6.07, 6.45) is 2.28. The molecule has 0 aliphatic heterocycles. The van der Waals surface area contributed by atoms with Crippen LogP contribution >= 0.6 is 0 Å². The molecule has 0 saturated carbocycles. The molecular weight excluding hydrogens is 119 g/mol. The fourth-order valence-electron chi connectivity index (χ4n) is 0. The van der Waals surface area contributed by atoms with E-state index in [1.165, 1.54) is 6.42 Å². The van der Waals surface area contributed by atoms with Crippen LogP contribution in [-0.4, -0.2) is 0 Å². The van der Waals surface area contributed by atoms with E-state index in [9.17, 15) is 0 Å². The molecule has 0 radical (unpaired) electrons. The van der Waals surface area contributed by atoms with Gasteiger partial charge in [0.1, 0.15) is 0 Å². The normalized spacial score (nSPS) is 5.00. The topological polar surface area (TPSA) is 0 Å². The van der Waals surface area contributed by atoms with Crippen LogP contribution in [0.15, 0.2) is 0 Å². The van der Waals surface area contributed by atoms with E-state index in [4.69, 9.17) is 0 Å². The van der Waals surface area contributed by atoms with Crippen LogP contribution in [0.5, 0.6) is 0 Å². The van der Waals surface area contributed by atoms with Gasteiger partial charge >= 0.3 is 16.5 Å². The predicted octanol–water partition coefficient (Wildman–Crippen LogP) is 2.07. The molecule has 0 rings (SSSR count). The number of unbranched alkanes of at least 4 members (excludes halogenated alkanes) is 1. The molecule has 0 aliphatic carbocycles. The maximum atomic E-state index is 3.60. The van der Waals surface area contributed by atoms with Crippen LogP contribution in [0.25, 0.3) is 0 Å². The molecule has 0 aliphatic rings. The molecule has 0 aromatic rings. The van der Waals surface area contributed by atoms with Gasteiger partial charge in [-0.25, -0.2) is 0 Å². The van der Waals surface area contributed by atoms with E-state index in [1.54, 1.807) is 0 Å². The maximum absolute atomic E-state index is 3.60. The first-order valence-corrected chi connectivity index (χ1v) is 1.71. The molecular formula is C5H12Ni. The van der Waals surface area contributed by atoms with Gasteiger partial charge < -0.3 is 14.4 Å². The number of hydrogen-bond acceptors (Lipinski definition) is 0. The molecule has 1 heteroatoms. The zero-order chi connectivity index (χ0) is 3.41. The van der Waals surface area contributed by atoms with Crippen molar-refractivity contribution in [2.24, 2.45) is 0 Å². The van der Waals surface area contributed by atoms with Gasteiger partial charge in [0.25, 0.3) is 0 Å². The van der Waals surface area contributed by atoms with Crippen LogP contribution < -0.4 is 0 Å². The van der Waals surface area contributed by atoms with Crippen molar-refractivity contribution < 1.29 is 16.5 Å². The first-order valence-electron chi connectivity index (χ1n) is 1.71. The van der Waals surface area contributed by atoms with Crippen molar-refractivity contribution in [3.8, 4) is 0 Å². The second-order valence-corrected chi connectivity index (χ2v) is 0.854. The summed E-state index contributed by atoms with van der Waals surface area (Å²) in [5.41, 5.74) is 0. The third-order valence-electron chi connectivity index (χ3n) is 0.354. The second-order valence-electron chi connectivity index (χ2n) is 0.854. The summed E-state index contributed by atoms with van der Waals surface area (Å²) >= 11 is 0. The molecule has 0 bridgehead atoms. The minimum Gasteiger partial charge on any atom is -0.358 e. The monoisotopic (exact) mass is 130 g/mol.